The fraction of sp³-hybridized carbons (Fsp3) is 0.333. The van der Waals surface area contributed by atoms with Crippen LogP contribution in [-0.2, 0) is 4.79 Å². The Hall–Kier alpha value is -1.96. The highest BCUT2D eigenvalue weighted by molar-refractivity contribution is 14.1. The number of piperazine rings is 1. The third-order valence-electron chi connectivity index (χ3n) is 4.94. The van der Waals surface area contributed by atoms with E-state index < -0.39 is 0 Å². The van der Waals surface area contributed by atoms with Crippen molar-refractivity contribution in [2.75, 3.05) is 26.2 Å². The minimum Gasteiger partial charge on any atom is -0.339 e. The molecule has 0 saturated carbocycles. The maximum atomic E-state index is 13.0. The van der Waals surface area contributed by atoms with Crippen LogP contribution in [0.4, 0.5) is 4.39 Å². The maximum Gasteiger partial charge on any atom is 0.255 e. The number of carbonyl (C=O) groups is 2. The van der Waals surface area contributed by atoms with Gasteiger partial charge in [0.1, 0.15) is 5.82 Å². The minimum absolute atomic E-state index is 0.0202. The molecule has 0 radical (unpaired) electrons. The zero-order valence-electron chi connectivity index (χ0n) is 15.2. The van der Waals surface area contributed by atoms with Crippen molar-refractivity contribution in [2.45, 2.75) is 19.3 Å². The molecule has 1 unspecified atom stereocenters. The first-order valence-electron chi connectivity index (χ1n) is 9.02. The Bertz CT molecular complexity index is 817. The van der Waals surface area contributed by atoms with Gasteiger partial charge in [-0.3, -0.25) is 9.59 Å². The molecular weight excluding hydrogens is 458 g/mol. The Morgan fingerprint density at radius 1 is 1.00 bits per heavy atom. The van der Waals surface area contributed by atoms with Crippen LogP contribution in [0.3, 0.4) is 0 Å². The van der Waals surface area contributed by atoms with Crippen LogP contribution in [-0.4, -0.2) is 47.8 Å². The summed E-state index contributed by atoms with van der Waals surface area (Å²) < 4.78 is 14.0. The zero-order valence-corrected chi connectivity index (χ0v) is 17.4. The van der Waals surface area contributed by atoms with Crippen molar-refractivity contribution in [2.24, 2.45) is 0 Å². The number of carbonyl (C=O) groups excluding carboxylic acids is 2. The van der Waals surface area contributed by atoms with Gasteiger partial charge in [0.2, 0.25) is 5.91 Å². The van der Waals surface area contributed by atoms with Gasteiger partial charge in [-0.25, -0.2) is 4.39 Å². The number of halogens is 2. The van der Waals surface area contributed by atoms with Crippen LogP contribution < -0.4 is 0 Å². The van der Waals surface area contributed by atoms with Gasteiger partial charge >= 0.3 is 0 Å². The Labute approximate surface area is 172 Å². The number of hydrogen-bond acceptors (Lipinski definition) is 2. The topological polar surface area (TPSA) is 40.6 Å². The van der Waals surface area contributed by atoms with Gasteiger partial charge in [-0.15, -0.1) is 0 Å². The quantitative estimate of drug-likeness (QED) is 0.623. The average Bonchev–Trinajstić information content (AvgIpc) is 2.68. The highest BCUT2D eigenvalue weighted by Crippen LogP contribution is 2.21. The molecule has 0 aromatic heterocycles. The SMILES string of the molecule is CC(CC(=O)N1CCN(C(=O)c2ccccc2I)CC1)c1ccc(F)cc1. The van der Waals surface area contributed by atoms with Gasteiger partial charge < -0.3 is 9.80 Å². The fourth-order valence-corrected chi connectivity index (χ4v) is 3.88. The van der Waals surface area contributed by atoms with Crippen LogP contribution in [0.15, 0.2) is 48.5 Å². The second-order valence-corrected chi connectivity index (χ2v) is 7.97. The number of nitrogens with zero attached hydrogens (tertiary/aromatic N) is 2. The largest absolute Gasteiger partial charge is 0.339 e. The maximum absolute atomic E-state index is 13.0. The first-order valence-corrected chi connectivity index (χ1v) is 10.1. The van der Waals surface area contributed by atoms with Gasteiger partial charge in [0.15, 0.2) is 0 Å². The molecular formula is C21H22FIN2O2. The molecule has 1 aliphatic rings. The van der Waals surface area contributed by atoms with Crippen LogP contribution in [0.5, 0.6) is 0 Å². The second-order valence-electron chi connectivity index (χ2n) is 6.81. The molecule has 1 aliphatic heterocycles. The molecule has 1 atom stereocenters. The highest BCUT2D eigenvalue weighted by Gasteiger charge is 2.26. The van der Waals surface area contributed by atoms with Crippen LogP contribution >= 0.6 is 22.6 Å². The third-order valence-corrected chi connectivity index (χ3v) is 5.88. The van der Waals surface area contributed by atoms with Crippen molar-refractivity contribution in [1.29, 1.82) is 0 Å². The molecule has 1 saturated heterocycles. The van der Waals surface area contributed by atoms with E-state index in [0.717, 1.165) is 9.13 Å². The summed E-state index contributed by atoms with van der Waals surface area (Å²) in [6.45, 7) is 4.15. The molecule has 0 spiro atoms. The minimum atomic E-state index is -0.272. The van der Waals surface area contributed by atoms with E-state index in [4.69, 9.17) is 0 Å². The van der Waals surface area contributed by atoms with Crippen molar-refractivity contribution in [3.05, 3.63) is 69.0 Å². The van der Waals surface area contributed by atoms with E-state index in [1.165, 1.54) is 12.1 Å². The number of amides is 2. The monoisotopic (exact) mass is 480 g/mol. The third kappa shape index (κ3) is 4.86. The van der Waals surface area contributed by atoms with Crippen LogP contribution in [0.2, 0.25) is 0 Å². The Kier molecular flexibility index (Phi) is 6.46. The molecule has 142 valence electrons. The van der Waals surface area contributed by atoms with E-state index in [-0.39, 0.29) is 23.5 Å². The standard InChI is InChI=1S/C21H22FIN2O2/c1-15(16-6-8-17(22)9-7-16)14-20(26)24-10-12-25(13-11-24)21(27)18-4-2-3-5-19(18)23/h2-9,15H,10-14H2,1H3. The molecule has 6 heteroatoms. The summed E-state index contributed by atoms with van der Waals surface area (Å²) in [6.07, 6.45) is 0.385. The average molecular weight is 480 g/mol. The number of benzene rings is 2. The molecule has 0 aliphatic carbocycles. The molecule has 0 N–H and O–H groups in total. The van der Waals surface area contributed by atoms with E-state index in [2.05, 4.69) is 22.6 Å². The molecule has 2 aromatic rings. The van der Waals surface area contributed by atoms with E-state index in [1.54, 1.807) is 12.1 Å². The lowest BCUT2D eigenvalue weighted by atomic mass is 9.97. The normalized spacial score (nSPS) is 15.5. The van der Waals surface area contributed by atoms with E-state index >= 15 is 0 Å². The molecule has 3 rings (SSSR count). The molecule has 27 heavy (non-hydrogen) atoms. The lowest BCUT2D eigenvalue weighted by Crippen LogP contribution is -2.50. The van der Waals surface area contributed by atoms with E-state index in [0.29, 0.717) is 38.2 Å². The Balaban J connectivity index is 1.54. The van der Waals surface area contributed by atoms with Crippen molar-refractivity contribution in [3.63, 3.8) is 0 Å². The lowest BCUT2D eigenvalue weighted by molar-refractivity contribution is -0.133. The van der Waals surface area contributed by atoms with Gasteiger partial charge in [-0.1, -0.05) is 31.2 Å². The van der Waals surface area contributed by atoms with Crippen molar-refractivity contribution < 1.29 is 14.0 Å². The van der Waals surface area contributed by atoms with Gasteiger partial charge in [-0.2, -0.15) is 0 Å². The molecule has 2 amide bonds. The smallest absolute Gasteiger partial charge is 0.255 e. The van der Waals surface area contributed by atoms with Crippen molar-refractivity contribution in [1.82, 2.24) is 9.80 Å². The lowest BCUT2D eigenvalue weighted by Gasteiger charge is -2.35. The highest BCUT2D eigenvalue weighted by atomic mass is 127. The predicted octanol–water partition coefficient (Wildman–Crippen LogP) is 3.91. The van der Waals surface area contributed by atoms with Gasteiger partial charge in [0.05, 0.1) is 5.56 Å². The van der Waals surface area contributed by atoms with Crippen LogP contribution in [0.1, 0.15) is 35.2 Å². The molecule has 1 heterocycles. The first-order chi connectivity index (χ1) is 13.0. The summed E-state index contributed by atoms with van der Waals surface area (Å²) in [5.41, 5.74) is 1.67. The summed E-state index contributed by atoms with van der Waals surface area (Å²) in [7, 11) is 0. The van der Waals surface area contributed by atoms with E-state index in [9.17, 15) is 14.0 Å². The summed E-state index contributed by atoms with van der Waals surface area (Å²) in [4.78, 5) is 28.9. The number of hydrogen-bond donors (Lipinski definition) is 0. The molecule has 2 aromatic carbocycles. The van der Waals surface area contributed by atoms with E-state index in [1.807, 2.05) is 41.0 Å². The first kappa shape index (κ1) is 19.8. The second kappa shape index (κ2) is 8.82. The summed E-state index contributed by atoms with van der Waals surface area (Å²) in [5.74, 6) is -0.144. The summed E-state index contributed by atoms with van der Waals surface area (Å²) >= 11 is 2.17. The molecule has 4 nitrogen and oxygen atoms in total. The summed E-state index contributed by atoms with van der Waals surface area (Å²) in [6, 6.07) is 13.8. The van der Waals surface area contributed by atoms with Gasteiger partial charge in [-0.05, 0) is 58.3 Å². The van der Waals surface area contributed by atoms with Crippen LogP contribution in [0, 0.1) is 9.39 Å². The summed E-state index contributed by atoms with van der Waals surface area (Å²) in [5, 5.41) is 0. The van der Waals surface area contributed by atoms with Gasteiger partial charge in [0.25, 0.3) is 5.91 Å². The predicted molar refractivity (Wildman–Crippen MR) is 111 cm³/mol. The van der Waals surface area contributed by atoms with Crippen LogP contribution in [0.25, 0.3) is 0 Å². The zero-order chi connectivity index (χ0) is 19.4. The van der Waals surface area contributed by atoms with Crippen molar-refractivity contribution >= 4 is 34.4 Å². The molecule has 1 fully saturated rings. The Morgan fingerprint density at radius 2 is 1.59 bits per heavy atom. The van der Waals surface area contributed by atoms with Crippen molar-refractivity contribution in [3.8, 4) is 0 Å². The molecule has 0 bridgehead atoms. The van der Waals surface area contributed by atoms with Gasteiger partial charge in [0, 0.05) is 36.2 Å². The Morgan fingerprint density at radius 3 is 2.22 bits per heavy atom. The fourth-order valence-electron chi connectivity index (χ4n) is 3.26. The number of rotatable bonds is 4.